The molecule has 0 bridgehead atoms. The summed E-state index contributed by atoms with van der Waals surface area (Å²) < 4.78 is 12.3. The number of para-hydroxylation sites is 1. The number of carbonyl (C=O) groups excluding carboxylic acids is 1. The van der Waals surface area contributed by atoms with Gasteiger partial charge in [0.15, 0.2) is 5.69 Å². The van der Waals surface area contributed by atoms with Crippen LogP contribution in [0.1, 0.15) is 66.5 Å². The number of nitrogens with one attached hydrogen (secondary N) is 1. The van der Waals surface area contributed by atoms with Gasteiger partial charge in [-0.3, -0.25) is 9.89 Å². The van der Waals surface area contributed by atoms with Crippen molar-refractivity contribution < 1.29 is 14.3 Å². The molecule has 1 spiro atoms. The first kappa shape index (κ1) is 17.7. The highest BCUT2D eigenvalue weighted by Crippen LogP contribution is 2.39. The van der Waals surface area contributed by atoms with Crippen molar-refractivity contribution in [1.82, 2.24) is 15.1 Å². The smallest absolute Gasteiger partial charge is 0.274 e. The fraction of sp³-hybridized carbons (Fsp3) is 0.545. The largest absolute Gasteiger partial charge is 0.487 e. The number of aromatic nitrogens is 2. The molecule has 4 heterocycles. The highest BCUT2D eigenvalue weighted by Gasteiger charge is 2.41. The van der Waals surface area contributed by atoms with Crippen molar-refractivity contribution in [2.24, 2.45) is 0 Å². The molecule has 2 atom stereocenters. The molecule has 2 aromatic rings. The maximum atomic E-state index is 13.2. The van der Waals surface area contributed by atoms with Gasteiger partial charge in [0, 0.05) is 37.9 Å². The predicted molar refractivity (Wildman–Crippen MR) is 105 cm³/mol. The summed E-state index contributed by atoms with van der Waals surface area (Å²) in [5.41, 5.74) is 3.71. The van der Waals surface area contributed by atoms with Gasteiger partial charge in [0.05, 0.1) is 17.9 Å². The monoisotopic (exact) mass is 381 g/mol. The number of benzene rings is 1. The Morgan fingerprint density at radius 2 is 2.00 bits per heavy atom. The molecule has 1 amide bonds. The van der Waals surface area contributed by atoms with Crippen LogP contribution in [0.25, 0.3) is 0 Å². The average molecular weight is 381 g/mol. The number of rotatable bonds is 1. The molecule has 1 aromatic heterocycles. The molecule has 1 saturated heterocycles. The van der Waals surface area contributed by atoms with Crippen LogP contribution >= 0.6 is 0 Å². The SMILES string of the molecule is C[C@@H]1Cc2c(C(=O)N3CCC4(CCc5ccccc5O4)CC3)n[nH]c2[C@H](C)O1. The number of hydrogen-bond acceptors (Lipinski definition) is 4. The zero-order chi connectivity index (χ0) is 19.3. The quantitative estimate of drug-likeness (QED) is 0.822. The molecular weight excluding hydrogens is 354 g/mol. The van der Waals surface area contributed by atoms with Crippen LogP contribution in [0.15, 0.2) is 24.3 Å². The van der Waals surface area contributed by atoms with E-state index in [4.69, 9.17) is 9.47 Å². The molecular formula is C22H27N3O3. The van der Waals surface area contributed by atoms with Crippen molar-refractivity contribution in [2.45, 2.75) is 63.8 Å². The molecule has 0 radical (unpaired) electrons. The minimum Gasteiger partial charge on any atom is -0.487 e. The number of hydrogen-bond donors (Lipinski definition) is 1. The summed E-state index contributed by atoms with van der Waals surface area (Å²) in [5, 5.41) is 7.40. The van der Waals surface area contributed by atoms with Gasteiger partial charge in [0.25, 0.3) is 5.91 Å². The fourth-order valence-electron chi connectivity index (χ4n) is 4.93. The van der Waals surface area contributed by atoms with Gasteiger partial charge in [-0.15, -0.1) is 0 Å². The Morgan fingerprint density at radius 3 is 2.82 bits per heavy atom. The number of amides is 1. The number of piperidine rings is 1. The van der Waals surface area contributed by atoms with E-state index in [1.165, 1.54) is 5.56 Å². The molecule has 0 saturated carbocycles. The first-order valence-electron chi connectivity index (χ1n) is 10.3. The highest BCUT2D eigenvalue weighted by molar-refractivity contribution is 5.94. The number of H-pyrrole nitrogens is 1. The van der Waals surface area contributed by atoms with Crippen LogP contribution in [0.5, 0.6) is 5.75 Å². The van der Waals surface area contributed by atoms with Crippen LogP contribution in [0.3, 0.4) is 0 Å². The first-order chi connectivity index (χ1) is 13.5. The second kappa shape index (κ2) is 6.62. The number of carbonyl (C=O) groups is 1. The Labute approximate surface area is 165 Å². The second-order valence-electron chi connectivity index (χ2n) is 8.44. The molecule has 1 N–H and O–H groups in total. The van der Waals surface area contributed by atoms with E-state index in [9.17, 15) is 4.79 Å². The van der Waals surface area contributed by atoms with Gasteiger partial charge in [-0.05, 0) is 38.3 Å². The first-order valence-corrected chi connectivity index (χ1v) is 10.3. The van der Waals surface area contributed by atoms with Crippen molar-refractivity contribution >= 4 is 5.91 Å². The number of nitrogens with zero attached hydrogens (tertiary/aromatic N) is 2. The summed E-state index contributed by atoms with van der Waals surface area (Å²) in [5.74, 6) is 1.04. The molecule has 3 aliphatic rings. The van der Waals surface area contributed by atoms with Crippen molar-refractivity contribution in [3.05, 3.63) is 46.8 Å². The van der Waals surface area contributed by atoms with Gasteiger partial charge in [0.2, 0.25) is 0 Å². The summed E-state index contributed by atoms with van der Waals surface area (Å²) in [4.78, 5) is 15.1. The highest BCUT2D eigenvalue weighted by atomic mass is 16.5. The zero-order valence-electron chi connectivity index (χ0n) is 16.5. The van der Waals surface area contributed by atoms with Crippen LogP contribution in [0.4, 0.5) is 0 Å². The molecule has 0 aliphatic carbocycles. The summed E-state index contributed by atoms with van der Waals surface area (Å²) in [7, 11) is 0. The fourth-order valence-corrected chi connectivity index (χ4v) is 4.93. The zero-order valence-corrected chi connectivity index (χ0v) is 16.5. The summed E-state index contributed by atoms with van der Waals surface area (Å²) in [6.45, 7) is 5.47. The second-order valence-corrected chi connectivity index (χ2v) is 8.44. The van der Waals surface area contributed by atoms with Crippen LogP contribution in [0.2, 0.25) is 0 Å². The normalized spacial score (nSPS) is 25.7. The van der Waals surface area contributed by atoms with Crippen molar-refractivity contribution in [3.8, 4) is 5.75 Å². The van der Waals surface area contributed by atoms with Crippen LogP contribution in [-0.2, 0) is 17.6 Å². The molecule has 6 nitrogen and oxygen atoms in total. The van der Waals surface area contributed by atoms with Crippen LogP contribution < -0.4 is 4.74 Å². The Hall–Kier alpha value is -2.34. The van der Waals surface area contributed by atoms with E-state index < -0.39 is 0 Å². The Bertz CT molecular complexity index is 898. The van der Waals surface area contributed by atoms with E-state index in [1.54, 1.807) is 0 Å². The number of ether oxygens (including phenoxy) is 2. The van der Waals surface area contributed by atoms with E-state index in [0.29, 0.717) is 18.8 Å². The van der Waals surface area contributed by atoms with Crippen LogP contribution in [0, 0.1) is 0 Å². The van der Waals surface area contributed by atoms with Crippen LogP contribution in [-0.4, -0.2) is 45.8 Å². The van der Waals surface area contributed by atoms with E-state index >= 15 is 0 Å². The van der Waals surface area contributed by atoms with Gasteiger partial charge in [0.1, 0.15) is 11.4 Å². The van der Waals surface area contributed by atoms with E-state index in [-0.39, 0.29) is 23.7 Å². The lowest BCUT2D eigenvalue weighted by Crippen LogP contribution is -2.51. The Balaban J connectivity index is 1.30. The van der Waals surface area contributed by atoms with Crippen molar-refractivity contribution in [3.63, 3.8) is 0 Å². The van der Waals surface area contributed by atoms with E-state index in [0.717, 1.165) is 49.1 Å². The minimum absolute atomic E-state index is 0.0323. The summed E-state index contributed by atoms with van der Waals surface area (Å²) in [6, 6.07) is 8.31. The van der Waals surface area contributed by atoms with Gasteiger partial charge in [-0.1, -0.05) is 18.2 Å². The third kappa shape index (κ3) is 2.91. The molecule has 3 aliphatic heterocycles. The van der Waals surface area contributed by atoms with Gasteiger partial charge < -0.3 is 14.4 Å². The molecule has 148 valence electrons. The molecule has 1 aromatic carbocycles. The summed E-state index contributed by atoms with van der Waals surface area (Å²) >= 11 is 0. The number of aryl methyl sites for hydroxylation is 1. The number of likely N-dealkylation sites (tertiary alicyclic amines) is 1. The number of aromatic amines is 1. The average Bonchev–Trinajstić information content (AvgIpc) is 3.12. The summed E-state index contributed by atoms with van der Waals surface area (Å²) in [6.07, 6.45) is 4.60. The third-order valence-corrected chi connectivity index (χ3v) is 6.55. The van der Waals surface area contributed by atoms with Gasteiger partial charge >= 0.3 is 0 Å². The van der Waals surface area contributed by atoms with Gasteiger partial charge in [-0.2, -0.15) is 5.10 Å². The standard InChI is InChI=1S/C22H27N3O3/c1-14-13-17-19(15(2)27-14)23-24-20(17)21(26)25-11-9-22(10-12-25)8-7-16-5-3-4-6-18(16)28-22/h3-6,14-15H,7-13H2,1-2H3,(H,23,24)/t14-,15+/m1/s1. The van der Waals surface area contributed by atoms with Gasteiger partial charge in [-0.25, -0.2) is 0 Å². The topological polar surface area (TPSA) is 67.5 Å². The Morgan fingerprint density at radius 1 is 1.21 bits per heavy atom. The van der Waals surface area contributed by atoms with Crippen molar-refractivity contribution in [1.29, 1.82) is 0 Å². The van der Waals surface area contributed by atoms with E-state index in [2.05, 4.69) is 28.4 Å². The molecule has 28 heavy (non-hydrogen) atoms. The number of fused-ring (bicyclic) bond motifs is 2. The third-order valence-electron chi connectivity index (χ3n) is 6.55. The molecule has 1 fully saturated rings. The lowest BCUT2D eigenvalue weighted by molar-refractivity contribution is -0.0113. The van der Waals surface area contributed by atoms with E-state index in [1.807, 2.05) is 24.8 Å². The lowest BCUT2D eigenvalue weighted by atomic mass is 9.83. The molecule has 6 heteroatoms. The minimum atomic E-state index is -0.132. The maximum absolute atomic E-state index is 13.2. The maximum Gasteiger partial charge on any atom is 0.274 e. The predicted octanol–water partition coefficient (Wildman–Crippen LogP) is 3.43. The Kier molecular flexibility index (Phi) is 4.19. The molecule has 5 rings (SSSR count). The lowest BCUT2D eigenvalue weighted by Gasteiger charge is -2.44. The van der Waals surface area contributed by atoms with Crippen molar-refractivity contribution in [2.75, 3.05) is 13.1 Å². The molecule has 0 unspecified atom stereocenters.